The van der Waals surface area contributed by atoms with Crippen LogP contribution in [0.2, 0.25) is 0 Å². The number of anilines is 1. The first kappa shape index (κ1) is 34.5. The maximum absolute atomic E-state index is 14.8. The number of H-pyrrole nitrogens is 1. The van der Waals surface area contributed by atoms with Crippen molar-refractivity contribution >= 4 is 29.7 Å². The molecule has 3 N–H and O–H groups in total. The summed E-state index contributed by atoms with van der Waals surface area (Å²) in [6.07, 6.45) is 19.5. The van der Waals surface area contributed by atoms with Crippen molar-refractivity contribution in [3.05, 3.63) is 106 Å². The van der Waals surface area contributed by atoms with Crippen LogP contribution in [-0.4, -0.2) is 51.2 Å². The number of rotatable bonds is 14. The van der Waals surface area contributed by atoms with E-state index >= 15 is 0 Å². The molecule has 0 bridgehead atoms. The molecule has 49 heavy (non-hydrogen) atoms. The molecule has 4 aromatic rings. The maximum Gasteiger partial charge on any atom is 0.133 e. The van der Waals surface area contributed by atoms with Gasteiger partial charge in [0.15, 0.2) is 0 Å². The molecule has 256 valence electrons. The van der Waals surface area contributed by atoms with Crippen molar-refractivity contribution in [1.29, 1.82) is 0 Å². The molecule has 0 atom stereocenters. The average Bonchev–Trinajstić information content (AvgIpc) is 3.88. The van der Waals surface area contributed by atoms with Gasteiger partial charge < -0.3 is 15.5 Å². The van der Waals surface area contributed by atoms with Gasteiger partial charge in [-0.1, -0.05) is 38.1 Å². The smallest absolute Gasteiger partial charge is 0.133 e. The number of nitrogens with zero attached hydrogens (tertiary/aromatic N) is 4. The number of halogens is 1. The Bertz CT molecular complexity index is 1900. The highest BCUT2D eigenvalue weighted by molar-refractivity contribution is 5.79. The minimum atomic E-state index is -0.217. The summed E-state index contributed by atoms with van der Waals surface area (Å²) in [5.74, 6) is 1.25. The van der Waals surface area contributed by atoms with E-state index in [2.05, 4.69) is 74.0 Å². The zero-order valence-corrected chi connectivity index (χ0v) is 29.1. The molecule has 1 aliphatic carbocycles. The summed E-state index contributed by atoms with van der Waals surface area (Å²) < 4.78 is 14.8. The predicted molar refractivity (Wildman–Crippen MR) is 200 cm³/mol. The summed E-state index contributed by atoms with van der Waals surface area (Å²) >= 11 is 0. The number of nitrogens with one attached hydrogen (secondary N) is 3. The van der Waals surface area contributed by atoms with Crippen molar-refractivity contribution in [2.24, 2.45) is 5.92 Å². The molecule has 1 aromatic carbocycles. The third-order valence-electron chi connectivity index (χ3n) is 10.1. The lowest BCUT2D eigenvalue weighted by atomic mass is 9.98. The molecule has 1 saturated heterocycles. The number of aryl methyl sites for hydroxylation is 1. The molecular weight excluding hydrogens is 609 g/mol. The van der Waals surface area contributed by atoms with Crippen LogP contribution < -0.4 is 21.2 Å². The Kier molecular flexibility index (Phi) is 11.5. The van der Waals surface area contributed by atoms with Gasteiger partial charge >= 0.3 is 0 Å². The highest BCUT2D eigenvalue weighted by atomic mass is 19.1. The minimum Gasteiger partial charge on any atom is -0.339 e. The van der Waals surface area contributed by atoms with Gasteiger partial charge in [-0.05, 0) is 154 Å². The summed E-state index contributed by atoms with van der Waals surface area (Å²) in [4.78, 5) is 11.6. The van der Waals surface area contributed by atoms with Gasteiger partial charge in [-0.2, -0.15) is 5.10 Å². The zero-order chi connectivity index (χ0) is 34.2. The van der Waals surface area contributed by atoms with E-state index < -0.39 is 0 Å². The van der Waals surface area contributed by atoms with Gasteiger partial charge in [-0.3, -0.25) is 10.1 Å². The van der Waals surface area contributed by atoms with Crippen molar-refractivity contribution in [3.8, 4) is 11.1 Å². The first-order valence-electron chi connectivity index (χ1n) is 17.8. The molecule has 0 amide bonds. The third-order valence-corrected chi connectivity index (χ3v) is 10.1. The van der Waals surface area contributed by atoms with Gasteiger partial charge in [0.05, 0.1) is 11.0 Å². The van der Waals surface area contributed by atoms with Crippen molar-refractivity contribution < 1.29 is 4.39 Å². The molecule has 0 unspecified atom stereocenters. The van der Waals surface area contributed by atoms with E-state index in [0.717, 1.165) is 82.4 Å². The Morgan fingerprint density at radius 1 is 1.08 bits per heavy atom. The predicted octanol–water partition coefficient (Wildman–Crippen LogP) is 7.00. The van der Waals surface area contributed by atoms with Crippen LogP contribution in [0.25, 0.3) is 35.1 Å². The standard InChI is InChI=1S/C41H50FN7/c1-28(36-21-34(26-44-27-36)25-43-24-32-10-5-6-11-32)13-14-39-30(3)40(48-47-39)31(4)46-41-29(2)38(15-16-45-41)35-20-33(22-37(42)23-35)12-9-19-49-17-7-8-18-49/h13-16,20-23,26-27,32,43,47H,3-12,17-19,24-25H2,1-2H3,(H,45,46)/b28-13+,39-14+. The van der Waals surface area contributed by atoms with Crippen molar-refractivity contribution in [1.82, 2.24) is 30.4 Å². The Hall–Kier alpha value is -4.40. The van der Waals surface area contributed by atoms with Gasteiger partial charge in [0, 0.05) is 30.4 Å². The van der Waals surface area contributed by atoms with Crippen LogP contribution in [0.15, 0.2) is 61.6 Å². The number of aromatic nitrogens is 4. The lowest BCUT2D eigenvalue weighted by Gasteiger charge is -2.15. The van der Waals surface area contributed by atoms with Crippen LogP contribution in [0.4, 0.5) is 10.2 Å². The highest BCUT2D eigenvalue weighted by Crippen LogP contribution is 2.30. The Labute approximate surface area is 290 Å². The van der Waals surface area contributed by atoms with Crippen LogP contribution in [0.5, 0.6) is 0 Å². The SMILES string of the molecule is C=C(Nc1nccc(-c2cc(F)cc(CCCN3CCCC3)c2)c1C)c1n[nH]/c(=C/C=C(\C)c2cncc(CNCC3CCCC3)c2)c1=C. The van der Waals surface area contributed by atoms with Gasteiger partial charge in [-0.25, -0.2) is 9.37 Å². The molecule has 0 radical (unpaired) electrons. The quantitative estimate of drug-likeness (QED) is 0.135. The average molecular weight is 660 g/mol. The third kappa shape index (κ3) is 8.99. The van der Waals surface area contributed by atoms with Crippen LogP contribution in [0, 0.1) is 18.7 Å². The Morgan fingerprint density at radius 2 is 1.90 bits per heavy atom. The number of allylic oxidation sites excluding steroid dienone is 2. The summed E-state index contributed by atoms with van der Waals surface area (Å²) in [6.45, 7) is 18.0. The summed E-state index contributed by atoms with van der Waals surface area (Å²) in [6, 6.07) is 9.51. The molecule has 6 rings (SSSR count). The largest absolute Gasteiger partial charge is 0.339 e. The lowest BCUT2D eigenvalue weighted by molar-refractivity contribution is 0.334. The van der Waals surface area contributed by atoms with E-state index in [-0.39, 0.29) is 5.82 Å². The van der Waals surface area contributed by atoms with Gasteiger partial charge in [-0.15, -0.1) is 0 Å². The molecule has 2 fully saturated rings. The van der Waals surface area contributed by atoms with Crippen molar-refractivity contribution in [2.45, 2.75) is 71.8 Å². The number of benzene rings is 1. The second-order valence-corrected chi connectivity index (χ2v) is 13.8. The topological polar surface area (TPSA) is 81.8 Å². The molecule has 0 spiro atoms. The number of likely N-dealkylation sites (tertiary alicyclic amines) is 1. The first-order chi connectivity index (χ1) is 23.8. The van der Waals surface area contributed by atoms with E-state index in [1.807, 2.05) is 31.5 Å². The number of hydrogen-bond acceptors (Lipinski definition) is 6. The van der Waals surface area contributed by atoms with Crippen LogP contribution >= 0.6 is 0 Å². The highest BCUT2D eigenvalue weighted by Gasteiger charge is 2.15. The number of pyridine rings is 2. The van der Waals surface area contributed by atoms with Gasteiger partial charge in [0.2, 0.25) is 0 Å². The van der Waals surface area contributed by atoms with Crippen LogP contribution in [0.1, 0.15) is 79.8 Å². The second-order valence-electron chi connectivity index (χ2n) is 13.8. The lowest BCUT2D eigenvalue weighted by Crippen LogP contribution is -2.23. The molecule has 4 heterocycles. The molecular formula is C41H50FN7. The molecule has 1 saturated carbocycles. The van der Waals surface area contributed by atoms with E-state index in [9.17, 15) is 4.39 Å². The second kappa shape index (κ2) is 16.3. The molecule has 7 nitrogen and oxygen atoms in total. The number of hydrogen-bond donors (Lipinski definition) is 3. The van der Waals surface area contributed by atoms with E-state index in [0.29, 0.717) is 17.2 Å². The molecule has 2 aliphatic rings. The maximum atomic E-state index is 14.8. The summed E-state index contributed by atoms with van der Waals surface area (Å²) in [5.41, 5.74) is 8.29. The van der Waals surface area contributed by atoms with Gasteiger partial charge in [0.1, 0.15) is 17.3 Å². The van der Waals surface area contributed by atoms with E-state index in [4.69, 9.17) is 0 Å². The fourth-order valence-corrected chi connectivity index (χ4v) is 7.15. The normalized spacial score (nSPS) is 16.1. The van der Waals surface area contributed by atoms with Crippen LogP contribution in [0.3, 0.4) is 0 Å². The number of aromatic amines is 1. The monoisotopic (exact) mass is 659 g/mol. The summed E-state index contributed by atoms with van der Waals surface area (Å²) in [5, 5.41) is 16.1. The zero-order valence-electron chi connectivity index (χ0n) is 29.1. The van der Waals surface area contributed by atoms with Crippen LogP contribution in [-0.2, 0) is 13.0 Å². The fourth-order valence-electron chi connectivity index (χ4n) is 7.15. The minimum absolute atomic E-state index is 0.217. The Balaban J connectivity index is 1.11. The van der Waals surface area contributed by atoms with E-state index in [1.54, 1.807) is 18.3 Å². The van der Waals surface area contributed by atoms with E-state index in [1.165, 1.54) is 57.2 Å². The fraction of sp³-hybridized carbons (Fsp3) is 0.390. The first-order valence-corrected chi connectivity index (χ1v) is 17.8. The van der Waals surface area contributed by atoms with Crippen molar-refractivity contribution in [3.63, 3.8) is 0 Å². The Morgan fingerprint density at radius 3 is 2.71 bits per heavy atom. The van der Waals surface area contributed by atoms with Gasteiger partial charge in [0.25, 0.3) is 0 Å². The molecule has 3 aromatic heterocycles. The molecule has 1 aliphatic heterocycles. The summed E-state index contributed by atoms with van der Waals surface area (Å²) in [7, 11) is 0. The van der Waals surface area contributed by atoms with Crippen molar-refractivity contribution in [2.75, 3.05) is 31.5 Å². The molecule has 8 heteroatoms.